The van der Waals surface area contributed by atoms with Gasteiger partial charge in [0.2, 0.25) is 0 Å². The molecule has 27 heavy (non-hydrogen) atoms. The Labute approximate surface area is 158 Å². The van der Waals surface area contributed by atoms with Gasteiger partial charge in [0, 0.05) is 36.4 Å². The fraction of sp³-hybridized carbons (Fsp3) is 0.250. The maximum absolute atomic E-state index is 12.3. The van der Waals surface area contributed by atoms with E-state index in [1.165, 1.54) is 0 Å². The Morgan fingerprint density at radius 2 is 1.44 bits per heavy atom. The van der Waals surface area contributed by atoms with Crippen molar-refractivity contribution in [3.63, 3.8) is 0 Å². The van der Waals surface area contributed by atoms with Crippen LogP contribution in [0.1, 0.15) is 40.1 Å². The van der Waals surface area contributed by atoms with Gasteiger partial charge in [-0.25, -0.2) is 4.79 Å². The summed E-state index contributed by atoms with van der Waals surface area (Å²) in [5.41, 5.74) is 7.55. The van der Waals surface area contributed by atoms with Crippen LogP contribution < -0.4 is 16.4 Å². The second-order valence-corrected chi connectivity index (χ2v) is 5.92. The minimum atomic E-state index is -0.597. The fourth-order valence-corrected chi connectivity index (χ4v) is 2.56. The van der Waals surface area contributed by atoms with E-state index in [1.54, 1.807) is 53.4 Å². The number of rotatable bonds is 7. The van der Waals surface area contributed by atoms with Gasteiger partial charge in [0.05, 0.1) is 0 Å². The highest BCUT2D eigenvalue weighted by Gasteiger charge is 2.12. The van der Waals surface area contributed by atoms with Crippen LogP contribution in [0.4, 0.5) is 10.5 Å². The first-order valence-electron chi connectivity index (χ1n) is 8.77. The molecule has 0 radical (unpaired) electrons. The van der Waals surface area contributed by atoms with Gasteiger partial charge in [0.25, 0.3) is 11.8 Å². The van der Waals surface area contributed by atoms with Gasteiger partial charge in [-0.05, 0) is 55.8 Å². The zero-order chi connectivity index (χ0) is 19.8. The van der Waals surface area contributed by atoms with E-state index >= 15 is 0 Å². The SMILES string of the molecule is CCN(CC)C(=O)c1ccc(NC(=O)c2ccc(CNC(N)=O)cc2)cc1. The largest absolute Gasteiger partial charge is 0.352 e. The highest BCUT2D eigenvalue weighted by Crippen LogP contribution is 2.14. The van der Waals surface area contributed by atoms with Crippen molar-refractivity contribution in [3.8, 4) is 0 Å². The summed E-state index contributed by atoms with van der Waals surface area (Å²) in [5.74, 6) is -0.287. The van der Waals surface area contributed by atoms with Crippen molar-refractivity contribution in [1.29, 1.82) is 0 Å². The molecule has 4 amide bonds. The molecule has 7 nitrogen and oxygen atoms in total. The second kappa shape index (κ2) is 9.38. The van der Waals surface area contributed by atoms with Gasteiger partial charge in [-0.1, -0.05) is 12.1 Å². The fourth-order valence-electron chi connectivity index (χ4n) is 2.56. The van der Waals surface area contributed by atoms with Crippen LogP contribution in [0, 0.1) is 0 Å². The number of hydrogen-bond acceptors (Lipinski definition) is 3. The molecule has 0 aromatic heterocycles. The summed E-state index contributed by atoms with van der Waals surface area (Å²) in [7, 11) is 0. The average Bonchev–Trinajstić information content (AvgIpc) is 2.68. The molecule has 7 heteroatoms. The highest BCUT2D eigenvalue weighted by atomic mass is 16.2. The molecule has 0 heterocycles. The van der Waals surface area contributed by atoms with E-state index in [0.29, 0.717) is 36.4 Å². The van der Waals surface area contributed by atoms with Crippen molar-refractivity contribution in [2.24, 2.45) is 5.73 Å². The first kappa shape index (κ1) is 20.0. The first-order valence-corrected chi connectivity index (χ1v) is 8.77. The van der Waals surface area contributed by atoms with Gasteiger partial charge < -0.3 is 21.3 Å². The van der Waals surface area contributed by atoms with E-state index in [2.05, 4.69) is 10.6 Å². The Morgan fingerprint density at radius 1 is 0.889 bits per heavy atom. The standard InChI is InChI=1S/C20H24N4O3/c1-3-24(4-2)19(26)16-9-11-17(12-10-16)23-18(25)15-7-5-14(6-8-15)13-22-20(21)27/h5-12H,3-4,13H2,1-2H3,(H,23,25)(H3,21,22,27). The highest BCUT2D eigenvalue weighted by molar-refractivity contribution is 6.04. The monoisotopic (exact) mass is 368 g/mol. The number of amides is 4. The van der Waals surface area contributed by atoms with E-state index in [9.17, 15) is 14.4 Å². The Bertz CT molecular complexity index is 797. The van der Waals surface area contributed by atoms with Crippen LogP contribution in [-0.4, -0.2) is 35.8 Å². The molecule has 2 rings (SSSR count). The van der Waals surface area contributed by atoms with E-state index in [1.807, 2.05) is 13.8 Å². The van der Waals surface area contributed by atoms with E-state index in [0.717, 1.165) is 5.56 Å². The van der Waals surface area contributed by atoms with Gasteiger partial charge >= 0.3 is 6.03 Å². The van der Waals surface area contributed by atoms with Gasteiger partial charge in [0.15, 0.2) is 0 Å². The number of urea groups is 1. The quantitative estimate of drug-likeness (QED) is 0.699. The molecule has 0 fully saturated rings. The maximum Gasteiger partial charge on any atom is 0.312 e. The van der Waals surface area contributed by atoms with Crippen LogP contribution in [0.2, 0.25) is 0 Å². The van der Waals surface area contributed by atoms with Crippen LogP contribution in [0.5, 0.6) is 0 Å². The molecule has 2 aromatic carbocycles. The molecule has 0 aliphatic rings. The number of nitrogens with two attached hydrogens (primary N) is 1. The number of carbonyl (C=O) groups is 3. The predicted molar refractivity (Wildman–Crippen MR) is 105 cm³/mol. The molecule has 0 saturated carbocycles. The summed E-state index contributed by atoms with van der Waals surface area (Å²) in [4.78, 5) is 37.1. The number of carbonyl (C=O) groups excluding carboxylic acids is 3. The van der Waals surface area contributed by atoms with Gasteiger partial charge in [0.1, 0.15) is 0 Å². The van der Waals surface area contributed by atoms with Crippen LogP contribution in [0.15, 0.2) is 48.5 Å². The maximum atomic E-state index is 12.3. The number of nitrogens with zero attached hydrogens (tertiary/aromatic N) is 1. The molecule has 0 saturated heterocycles. The van der Waals surface area contributed by atoms with Crippen molar-refractivity contribution in [2.45, 2.75) is 20.4 Å². The topological polar surface area (TPSA) is 105 Å². The Hall–Kier alpha value is -3.35. The van der Waals surface area contributed by atoms with Crippen LogP contribution in [0.25, 0.3) is 0 Å². The molecule has 142 valence electrons. The summed E-state index contributed by atoms with van der Waals surface area (Å²) in [6, 6.07) is 13.1. The molecule has 4 N–H and O–H groups in total. The summed E-state index contributed by atoms with van der Waals surface area (Å²) >= 11 is 0. The molecule has 0 aliphatic carbocycles. The zero-order valence-corrected chi connectivity index (χ0v) is 15.5. The molecule has 0 aliphatic heterocycles. The average molecular weight is 368 g/mol. The molecule has 0 spiro atoms. The van der Waals surface area contributed by atoms with E-state index in [4.69, 9.17) is 5.73 Å². The summed E-state index contributed by atoms with van der Waals surface area (Å²) in [5, 5.41) is 5.29. The van der Waals surface area contributed by atoms with Crippen LogP contribution >= 0.6 is 0 Å². The minimum Gasteiger partial charge on any atom is -0.352 e. The third-order valence-corrected chi connectivity index (χ3v) is 4.12. The molecule has 0 unspecified atom stereocenters. The predicted octanol–water partition coefficient (Wildman–Crippen LogP) is 2.59. The van der Waals surface area contributed by atoms with Crippen LogP contribution in [0.3, 0.4) is 0 Å². The third-order valence-electron chi connectivity index (χ3n) is 4.12. The number of primary amides is 1. The molecule has 0 bridgehead atoms. The third kappa shape index (κ3) is 5.57. The molecule has 2 aromatic rings. The van der Waals surface area contributed by atoms with Gasteiger partial charge in [-0.15, -0.1) is 0 Å². The zero-order valence-electron chi connectivity index (χ0n) is 15.5. The van der Waals surface area contributed by atoms with E-state index in [-0.39, 0.29) is 11.8 Å². The minimum absolute atomic E-state index is 0.0296. The number of benzene rings is 2. The smallest absolute Gasteiger partial charge is 0.312 e. The van der Waals surface area contributed by atoms with Crippen LogP contribution in [-0.2, 0) is 6.54 Å². The first-order chi connectivity index (χ1) is 12.9. The lowest BCUT2D eigenvalue weighted by molar-refractivity contribution is 0.0773. The van der Waals surface area contributed by atoms with Crippen molar-refractivity contribution in [1.82, 2.24) is 10.2 Å². The molecular weight excluding hydrogens is 344 g/mol. The van der Waals surface area contributed by atoms with Crippen molar-refractivity contribution in [2.75, 3.05) is 18.4 Å². The van der Waals surface area contributed by atoms with Crippen molar-refractivity contribution < 1.29 is 14.4 Å². The molecule has 0 atom stereocenters. The number of anilines is 1. The lowest BCUT2D eigenvalue weighted by atomic mass is 10.1. The Morgan fingerprint density at radius 3 is 1.96 bits per heavy atom. The van der Waals surface area contributed by atoms with Crippen molar-refractivity contribution >= 4 is 23.5 Å². The number of nitrogens with one attached hydrogen (secondary N) is 2. The summed E-state index contributed by atoms with van der Waals surface area (Å²) in [6.45, 7) is 5.48. The van der Waals surface area contributed by atoms with Crippen molar-refractivity contribution in [3.05, 3.63) is 65.2 Å². The summed E-state index contributed by atoms with van der Waals surface area (Å²) in [6.07, 6.45) is 0. The Balaban J connectivity index is 1.99. The normalized spacial score (nSPS) is 10.1. The van der Waals surface area contributed by atoms with Gasteiger partial charge in [-0.2, -0.15) is 0 Å². The second-order valence-electron chi connectivity index (χ2n) is 5.92. The van der Waals surface area contributed by atoms with Gasteiger partial charge in [-0.3, -0.25) is 9.59 Å². The van der Waals surface area contributed by atoms with E-state index < -0.39 is 6.03 Å². The lowest BCUT2D eigenvalue weighted by Crippen LogP contribution is -2.30. The Kier molecular flexibility index (Phi) is 6.93. The molecular formula is C20H24N4O3. The summed E-state index contributed by atoms with van der Waals surface area (Å²) < 4.78 is 0. The number of hydrogen-bond donors (Lipinski definition) is 3. The lowest BCUT2D eigenvalue weighted by Gasteiger charge is -2.18.